The third-order valence-electron chi connectivity index (χ3n) is 3.37. The van der Waals surface area contributed by atoms with E-state index in [2.05, 4.69) is 5.32 Å². The number of hydrogen-bond acceptors (Lipinski definition) is 4. The lowest BCUT2D eigenvalue weighted by Gasteiger charge is -2.31. The Morgan fingerprint density at radius 1 is 1.20 bits per heavy atom. The molecular weight excluding hydrogens is 256 g/mol. The minimum absolute atomic E-state index is 0.115. The first kappa shape index (κ1) is 17.0. The van der Waals surface area contributed by atoms with Gasteiger partial charge in [0.25, 0.3) is 0 Å². The molecule has 1 heterocycles. The van der Waals surface area contributed by atoms with Gasteiger partial charge in [0.05, 0.1) is 0 Å². The largest absolute Gasteiger partial charge is 0.444 e. The number of carbonyl (C=O) groups excluding carboxylic acids is 2. The van der Waals surface area contributed by atoms with E-state index in [0.29, 0.717) is 13.1 Å². The molecule has 116 valence electrons. The molecule has 0 atom stereocenters. The van der Waals surface area contributed by atoms with Crippen LogP contribution in [0.4, 0.5) is 4.79 Å². The number of carbonyl (C=O) groups is 2. The molecule has 0 spiro atoms. The molecule has 1 N–H and O–H groups in total. The third-order valence-corrected chi connectivity index (χ3v) is 3.37. The van der Waals surface area contributed by atoms with Crippen molar-refractivity contribution in [2.45, 2.75) is 58.1 Å². The highest BCUT2D eigenvalue weighted by molar-refractivity contribution is 5.68. The highest BCUT2D eigenvalue weighted by Crippen LogP contribution is 2.18. The fraction of sp³-hybridized carbons (Fsp3) is 0.867. The molecule has 1 aliphatic heterocycles. The molecule has 1 aliphatic carbocycles. The smallest absolute Gasteiger partial charge is 0.410 e. The van der Waals surface area contributed by atoms with E-state index in [9.17, 15) is 9.59 Å². The second-order valence-electron chi connectivity index (χ2n) is 6.50. The summed E-state index contributed by atoms with van der Waals surface area (Å²) in [6.45, 7) is 6.80. The quantitative estimate of drug-likeness (QED) is 0.790. The first-order chi connectivity index (χ1) is 9.35. The van der Waals surface area contributed by atoms with Crippen LogP contribution in [0.3, 0.4) is 0 Å². The number of likely N-dealkylation sites (tertiary alicyclic amines) is 1. The van der Waals surface area contributed by atoms with Crippen LogP contribution in [0.5, 0.6) is 0 Å². The zero-order chi connectivity index (χ0) is 15.2. The van der Waals surface area contributed by atoms with E-state index in [4.69, 9.17) is 4.74 Å². The van der Waals surface area contributed by atoms with E-state index in [1.807, 2.05) is 27.8 Å². The first-order valence-corrected chi connectivity index (χ1v) is 7.46. The number of nitrogens with one attached hydrogen (secondary N) is 1. The lowest BCUT2D eigenvalue weighted by atomic mass is 9.99. The van der Waals surface area contributed by atoms with Gasteiger partial charge in [0, 0.05) is 25.0 Å². The lowest BCUT2D eigenvalue weighted by molar-refractivity contribution is -0.112. The van der Waals surface area contributed by atoms with Crippen LogP contribution in [-0.2, 0) is 9.53 Å². The van der Waals surface area contributed by atoms with Gasteiger partial charge in [-0.1, -0.05) is 0 Å². The molecule has 0 unspecified atom stereocenters. The number of hydrogen-bond donors (Lipinski definition) is 1. The Kier molecular flexibility index (Phi) is 6.46. The van der Waals surface area contributed by atoms with E-state index in [1.165, 1.54) is 12.8 Å². The fourth-order valence-corrected chi connectivity index (χ4v) is 1.92. The number of rotatable bonds is 2. The highest BCUT2D eigenvalue weighted by atomic mass is 16.6. The van der Waals surface area contributed by atoms with Crippen molar-refractivity contribution in [1.29, 1.82) is 0 Å². The summed E-state index contributed by atoms with van der Waals surface area (Å²) >= 11 is 0. The summed E-state index contributed by atoms with van der Waals surface area (Å²) in [5.41, 5.74) is -0.446. The Hall–Kier alpha value is -1.10. The van der Waals surface area contributed by atoms with E-state index < -0.39 is 5.60 Å². The topological polar surface area (TPSA) is 58.6 Å². The number of ether oxygens (including phenoxy) is 1. The van der Waals surface area contributed by atoms with E-state index in [1.54, 1.807) is 4.90 Å². The molecule has 0 aromatic rings. The van der Waals surface area contributed by atoms with Crippen molar-refractivity contribution in [3.63, 3.8) is 0 Å². The van der Waals surface area contributed by atoms with Gasteiger partial charge in [-0.05, 0) is 53.5 Å². The number of piperidine rings is 1. The van der Waals surface area contributed by atoms with Gasteiger partial charge < -0.3 is 19.7 Å². The Bertz CT molecular complexity index is 314. The van der Waals surface area contributed by atoms with Crippen molar-refractivity contribution in [3.05, 3.63) is 0 Å². The normalized spacial score (nSPS) is 19.9. The Labute approximate surface area is 122 Å². The number of nitrogens with zero attached hydrogens (tertiary/aromatic N) is 1. The maximum absolute atomic E-state index is 11.6. The summed E-state index contributed by atoms with van der Waals surface area (Å²) < 4.78 is 5.24. The van der Waals surface area contributed by atoms with Crippen LogP contribution in [0.2, 0.25) is 0 Å². The first-order valence-electron chi connectivity index (χ1n) is 7.46. The van der Waals surface area contributed by atoms with Crippen LogP contribution in [-0.4, -0.2) is 49.1 Å². The average molecular weight is 284 g/mol. The van der Waals surface area contributed by atoms with Gasteiger partial charge in [-0.2, -0.15) is 0 Å². The van der Waals surface area contributed by atoms with Crippen molar-refractivity contribution in [3.8, 4) is 0 Å². The summed E-state index contributed by atoms with van der Waals surface area (Å²) in [7, 11) is 2.01. The summed E-state index contributed by atoms with van der Waals surface area (Å²) in [6, 6.07) is 0.884. The maximum Gasteiger partial charge on any atom is 0.410 e. The molecule has 0 bridgehead atoms. The molecule has 1 saturated heterocycles. The molecule has 2 rings (SSSR count). The third kappa shape index (κ3) is 6.89. The molecule has 20 heavy (non-hydrogen) atoms. The van der Waals surface area contributed by atoms with Crippen LogP contribution < -0.4 is 5.32 Å². The average Bonchev–Trinajstić information content (AvgIpc) is 3.21. The van der Waals surface area contributed by atoms with Crippen LogP contribution in [0.1, 0.15) is 46.5 Å². The Morgan fingerprint density at radius 3 is 2.05 bits per heavy atom. The summed E-state index contributed by atoms with van der Waals surface area (Å²) in [4.78, 5) is 23.8. The summed E-state index contributed by atoms with van der Waals surface area (Å²) in [5, 5.41) is 3.14. The lowest BCUT2D eigenvalue weighted by Crippen LogP contribution is -2.41. The van der Waals surface area contributed by atoms with Gasteiger partial charge in [0.15, 0.2) is 0 Å². The highest BCUT2D eigenvalue weighted by Gasteiger charge is 2.26. The van der Waals surface area contributed by atoms with Gasteiger partial charge >= 0.3 is 6.09 Å². The molecule has 0 aromatic heterocycles. The van der Waals surface area contributed by atoms with Crippen molar-refractivity contribution in [2.75, 3.05) is 20.1 Å². The summed E-state index contributed by atoms with van der Waals surface area (Å²) in [5.74, 6) is 0.115. The van der Waals surface area contributed by atoms with Crippen LogP contribution >= 0.6 is 0 Å². The van der Waals surface area contributed by atoms with Crippen molar-refractivity contribution >= 4 is 12.4 Å². The van der Waals surface area contributed by atoms with Gasteiger partial charge in [-0.25, -0.2) is 4.79 Å². The fourth-order valence-electron chi connectivity index (χ4n) is 1.92. The predicted molar refractivity (Wildman–Crippen MR) is 78.7 cm³/mol. The van der Waals surface area contributed by atoms with E-state index in [-0.39, 0.29) is 12.0 Å². The molecule has 5 nitrogen and oxygen atoms in total. The van der Waals surface area contributed by atoms with Crippen LogP contribution in [0.15, 0.2) is 0 Å². The van der Waals surface area contributed by atoms with Crippen LogP contribution in [0, 0.1) is 5.92 Å². The molecule has 1 saturated carbocycles. The molecule has 0 aromatic carbocycles. The van der Waals surface area contributed by atoms with Gasteiger partial charge in [0.1, 0.15) is 11.9 Å². The van der Waals surface area contributed by atoms with Crippen LogP contribution in [0.25, 0.3) is 0 Å². The number of aldehydes is 1. The molecule has 2 aliphatic rings. The molecule has 2 fully saturated rings. The second-order valence-corrected chi connectivity index (χ2v) is 6.50. The van der Waals surface area contributed by atoms with E-state index in [0.717, 1.165) is 25.2 Å². The van der Waals surface area contributed by atoms with Gasteiger partial charge in [-0.15, -0.1) is 0 Å². The zero-order valence-corrected chi connectivity index (χ0v) is 13.1. The minimum atomic E-state index is -0.446. The molecule has 1 amide bonds. The predicted octanol–water partition coefficient (Wildman–Crippen LogP) is 2.20. The summed E-state index contributed by atoms with van der Waals surface area (Å²) in [6.07, 6.45) is 5.01. The SMILES string of the molecule is CC(C)(C)OC(=O)N1CCC(C=O)CC1.CNC1CC1. The van der Waals surface area contributed by atoms with Crippen molar-refractivity contribution in [1.82, 2.24) is 10.2 Å². The van der Waals surface area contributed by atoms with Crippen molar-refractivity contribution < 1.29 is 14.3 Å². The second kappa shape index (κ2) is 7.62. The monoisotopic (exact) mass is 284 g/mol. The maximum atomic E-state index is 11.6. The Balaban J connectivity index is 0.000000333. The Morgan fingerprint density at radius 2 is 1.75 bits per heavy atom. The molecule has 5 heteroatoms. The number of amides is 1. The van der Waals surface area contributed by atoms with Gasteiger partial charge in [0.2, 0.25) is 0 Å². The molecular formula is C15H28N2O3. The van der Waals surface area contributed by atoms with E-state index >= 15 is 0 Å². The molecule has 0 radical (unpaired) electrons. The minimum Gasteiger partial charge on any atom is -0.444 e. The standard InChI is InChI=1S/C11H19NO3.C4H9N/c1-11(2,3)15-10(14)12-6-4-9(8-13)5-7-12;1-5-4-2-3-4/h8-9H,4-7H2,1-3H3;4-5H,2-3H2,1H3. The zero-order valence-electron chi connectivity index (χ0n) is 13.1. The van der Waals surface area contributed by atoms with Crippen molar-refractivity contribution in [2.24, 2.45) is 5.92 Å². The van der Waals surface area contributed by atoms with Gasteiger partial charge in [-0.3, -0.25) is 0 Å².